The molecule has 0 saturated carbocycles. The summed E-state index contributed by atoms with van der Waals surface area (Å²) in [6, 6.07) is 0. The van der Waals surface area contributed by atoms with E-state index in [4.69, 9.17) is 0 Å². The van der Waals surface area contributed by atoms with Gasteiger partial charge in [0.1, 0.15) is 12.7 Å². The first-order valence-electron chi connectivity index (χ1n) is 3.84. The molecule has 0 N–H and O–H groups in total. The molecule has 0 amide bonds. The second-order valence-corrected chi connectivity index (χ2v) is 2.63. The standard InChI is InChI=1S/C7H10N4/c1-2-4-11(3-1)7-9-5-8-6-10-7/h5-6H,1-4H2. The van der Waals surface area contributed by atoms with Gasteiger partial charge in [0.2, 0.25) is 5.95 Å². The number of hydrogen-bond donors (Lipinski definition) is 0. The zero-order valence-corrected chi connectivity index (χ0v) is 6.27. The molecule has 0 unspecified atom stereocenters. The zero-order chi connectivity index (χ0) is 7.52. The first-order valence-corrected chi connectivity index (χ1v) is 3.84. The fraction of sp³-hybridized carbons (Fsp3) is 0.571. The van der Waals surface area contributed by atoms with Gasteiger partial charge < -0.3 is 4.90 Å². The molecular weight excluding hydrogens is 140 g/mol. The van der Waals surface area contributed by atoms with Crippen molar-refractivity contribution < 1.29 is 0 Å². The number of aromatic nitrogens is 3. The van der Waals surface area contributed by atoms with E-state index in [0.717, 1.165) is 19.0 Å². The van der Waals surface area contributed by atoms with Crippen LogP contribution in [0.3, 0.4) is 0 Å². The minimum absolute atomic E-state index is 0.817. The predicted molar refractivity (Wildman–Crippen MR) is 41.3 cm³/mol. The van der Waals surface area contributed by atoms with Gasteiger partial charge in [0.15, 0.2) is 0 Å². The lowest BCUT2D eigenvalue weighted by Gasteiger charge is -2.12. The van der Waals surface area contributed by atoms with Crippen molar-refractivity contribution in [3.8, 4) is 0 Å². The Morgan fingerprint density at radius 1 is 1.09 bits per heavy atom. The SMILES string of the molecule is c1ncnc(N2CCCC2)n1. The molecular formula is C7H10N4. The minimum Gasteiger partial charge on any atom is -0.341 e. The van der Waals surface area contributed by atoms with Crippen molar-refractivity contribution in [2.24, 2.45) is 0 Å². The van der Waals surface area contributed by atoms with Gasteiger partial charge in [-0.1, -0.05) is 0 Å². The second-order valence-electron chi connectivity index (χ2n) is 2.63. The van der Waals surface area contributed by atoms with Crippen LogP contribution in [0.15, 0.2) is 12.7 Å². The molecule has 1 aliphatic rings. The van der Waals surface area contributed by atoms with Crippen molar-refractivity contribution in [3.63, 3.8) is 0 Å². The Morgan fingerprint density at radius 2 is 1.73 bits per heavy atom. The molecule has 0 aliphatic carbocycles. The van der Waals surface area contributed by atoms with Gasteiger partial charge in [-0.05, 0) is 12.8 Å². The van der Waals surface area contributed by atoms with Crippen LogP contribution in [0.25, 0.3) is 0 Å². The highest BCUT2D eigenvalue weighted by Gasteiger charge is 2.13. The summed E-state index contributed by atoms with van der Waals surface area (Å²) in [5.41, 5.74) is 0. The highest BCUT2D eigenvalue weighted by Crippen LogP contribution is 2.12. The van der Waals surface area contributed by atoms with E-state index in [9.17, 15) is 0 Å². The van der Waals surface area contributed by atoms with Crippen LogP contribution in [0, 0.1) is 0 Å². The Balaban J connectivity index is 2.16. The van der Waals surface area contributed by atoms with Gasteiger partial charge in [-0.3, -0.25) is 0 Å². The topological polar surface area (TPSA) is 41.9 Å². The van der Waals surface area contributed by atoms with Gasteiger partial charge in [0.05, 0.1) is 0 Å². The van der Waals surface area contributed by atoms with Gasteiger partial charge in [-0.2, -0.15) is 0 Å². The Kier molecular flexibility index (Phi) is 1.67. The van der Waals surface area contributed by atoms with Crippen molar-refractivity contribution in [2.75, 3.05) is 18.0 Å². The maximum absolute atomic E-state index is 4.06. The summed E-state index contributed by atoms with van der Waals surface area (Å²) in [7, 11) is 0. The molecule has 0 aromatic carbocycles. The molecule has 58 valence electrons. The lowest BCUT2D eigenvalue weighted by atomic mass is 10.4. The molecule has 0 spiro atoms. The first-order chi connectivity index (χ1) is 5.47. The molecule has 0 atom stereocenters. The summed E-state index contributed by atoms with van der Waals surface area (Å²) < 4.78 is 0. The molecule has 4 nitrogen and oxygen atoms in total. The van der Waals surface area contributed by atoms with Crippen LogP contribution in [0.5, 0.6) is 0 Å². The van der Waals surface area contributed by atoms with Gasteiger partial charge in [-0.15, -0.1) is 0 Å². The molecule has 1 aliphatic heterocycles. The van der Waals surface area contributed by atoms with E-state index in [2.05, 4.69) is 19.9 Å². The third kappa shape index (κ3) is 1.29. The normalized spacial score (nSPS) is 17.3. The van der Waals surface area contributed by atoms with Gasteiger partial charge in [-0.25, -0.2) is 15.0 Å². The summed E-state index contributed by atoms with van der Waals surface area (Å²) in [6.07, 6.45) is 5.60. The van der Waals surface area contributed by atoms with Crippen LogP contribution in [0.2, 0.25) is 0 Å². The molecule has 0 bridgehead atoms. The maximum Gasteiger partial charge on any atom is 0.228 e. The molecule has 0 radical (unpaired) electrons. The molecule has 4 heteroatoms. The lowest BCUT2D eigenvalue weighted by molar-refractivity contribution is 0.879. The number of anilines is 1. The summed E-state index contributed by atoms with van der Waals surface area (Å²) >= 11 is 0. The van der Waals surface area contributed by atoms with Crippen molar-refractivity contribution in [1.29, 1.82) is 0 Å². The van der Waals surface area contributed by atoms with Gasteiger partial charge >= 0.3 is 0 Å². The van der Waals surface area contributed by atoms with E-state index in [1.54, 1.807) is 12.7 Å². The molecule has 1 aromatic rings. The first kappa shape index (κ1) is 6.52. The fourth-order valence-corrected chi connectivity index (χ4v) is 1.31. The molecule has 2 heterocycles. The van der Waals surface area contributed by atoms with Crippen LogP contribution in [0.1, 0.15) is 12.8 Å². The Hall–Kier alpha value is -1.19. The van der Waals surface area contributed by atoms with Crippen molar-refractivity contribution in [3.05, 3.63) is 12.7 Å². The number of rotatable bonds is 1. The molecule has 1 aromatic heterocycles. The van der Waals surface area contributed by atoms with E-state index in [0.29, 0.717) is 0 Å². The van der Waals surface area contributed by atoms with E-state index in [1.807, 2.05) is 0 Å². The monoisotopic (exact) mass is 150 g/mol. The highest BCUT2D eigenvalue weighted by atomic mass is 15.3. The average molecular weight is 150 g/mol. The van der Waals surface area contributed by atoms with E-state index >= 15 is 0 Å². The second kappa shape index (κ2) is 2.82. The molecule has 11 heavy (non-hydrogen) atoms. The van der Waals surface area contributed by atoms with Crippen LogP contribution in [-0.2, 0) is 0 Å². The fourth-order valence-electron chi connectivity index (χ4n) is 1.31. The van der Waals surface area contributed by atoms with Crippen molar-refractivity contribution >= 4 is 5.95 Å². The summed E-state index contributed by atoms with van der Waals surface area (Å²) in [5, 5.41) is 0. The number of nitrogens with zero attached hydrogens (tertiary/aromatic N) is 4. The third-order valence-corrected chi connectivity index (χ3v) is 1.87. The van der Waals surface area contributed by atoms with Gasteiger partial charge in [0.25, 0.3) is 0 Å². The number of hydrogen-bond acceptors (Lipinski definition) is 4. The molecule has 2 rings (SSSR count). The van der Waals surface area contributed by atoms with Crippen molar-refractivity contribution in [1.82, 2.24) is 15.0 Å². The van der Waals surface area contributed by atoms with Crippen LogP contribution in [0.4, 0.5) is 5.95 Å². The molecule has 1 fully saturated rings. The van der Waals surface area contributed by atoms with E-state index in [-0.39, 0.29) is 0 Å². The largest absolute Gasteiger partial charge is 0.341 e. The quantitative estimate of drug-likeness (QED) is 0.583. The van der Waals surface area contributed by atoms with E-state index in [1.165, 1.54) is 12.8 Å². The van der Waals surface area contributed by atoms with Crippen LogP contribution < -0.4 is 4.90 Å². The van der Waals surface area contributed by atoms with E-state index < -0.39 is 0 Å². The summed E-state index contributed by atoms with van der Waals surface area (Å²) in [6.45, 7) is 2.17. The van der Waals surface area contributed by atoms with Crippen molar-refractivity contribution in [2.45, 2.75) is 12.8 Å². The van der Waals surface area contributed by atoms with Crippen LogP contribution in [-0.4, -0.2) is 28.0 Å². The zero-order valence-electron chi connectivity index (χ0n) is 6.27. The molecule has 1 saturated heterocycles. The van der Waals surface area contributed by atoms with Crippen LogP contribution >= 0.6 is 0 Å². The Labute approximate surface area is 65.3 Å². The lowest BCUT2D eigenvalue weighted by Crippen LogP contribution is -2.20. The maximum atomic E-state index is 4.06. The summed E-state index contributed by atoms with van der Waals surface area (Å²) in [4.78, 5) is 14.1. The van der Waals surface area contributed by atoms with Gasteiger partial charge in [0, 0.05) is 13.1 Å². The highest BCUT2D eigenvalue weighted by molar-refractivity contribution is 5.28. The average Bonchev–Trinajstić information content (AvgIpc) is 2.58. The summed E-state index contributed by atoms with van der Waals surface area (Å²) in [5.74, 6) is 0.817. The third-order valence-electron chi connectivity index (χ3n) is 1.87. The predicted octanol–water partition coefficient (Wildman–Crippen LogP) is 0.472. The Morgan fingerprint density at radius 3 is 2.36 bits per heavy atom. The smallest absolute Gasteiger partial charge is 0.228 e. The Bertz CT molecular complexity index is 217. The minimum atomic E-state index is 0.817.